The van der Waals surface area contributed by atoms with E-state index in [0.717, 1.165) is 0 Å². The topological polar surface area (TPSA) is 80.3 Å². The summed E-state index contributed by atoms with van der Waals surface area (Å²) in [6.07, 6.45) is 4.71. The van der Waals surface area contributed by atoms with Gasteiger partial charge in [-0.05, 0) is 118 Å². The fourth-order valence-corrected chi connectivity index (χ4v) is 9.24. The summed E-state index contributed by atoms with van der Waals surface area (Å²) in [4.78, 5) is 0. The summed E-state index contributed by atoms with van der Waals surface area (Å²) in [5, 5.41) is 0. The van der Waals surface area contributed by atoms with Crippen LogP contribution in [0, 0.1) is 14.3 Å². The van der Waals surface area contributed by atoms with Gasteiger partial charge in [0.15, 0.2) is 14.3 Å². The molecule has 0 aliphatic rings. The molecule has 0 saturated heterocycles. The van der Waals surface area contributed by atoms with Crippen LogP contribution in [0.25, 0.3) is 0 Å². The van der Waals surface area contributed by atoms with Gasteiger partial charge in [0.25, 0.3) is 0 Å². The Morgan fingerprint density at radius 1 is 0.392 bits per heavy atom. The summed E-state index contributed by atoms with van der Waals surface area (Å²) in [7, 11) is -5.17. The molecule has 51 heavy (non-hydrogen) atoms. The number of benzene rings is 4. The van der Waals surface area contributed by atoms with Gasteiger partial charge in [-0.1, -0.05) is 132 Å². The van der Waals surface area contributed by atoms with Crippen LogP contribution in [-0.2, 0) is 32.1 Å². The van der Waals surface area contributed by atoms with Gasteiger partial charge in [0, 0.05) is 10.4 Å². The van der Waals surface area contributed by atoms with Crippen LogP contribution < -0.4 is 42.4 Å². The Balaban J connectivity index is 0.000000312. The summed E-state index contributed by atoms with van der Waals surface area (Å²) < 4.78 is 40.1. The summed E-state index contributed by atoms with van der Waals surface area (Å²) in [6, 6.07) is 37.3. The van der Waals surface area contributed by atoms with Crippen LogP contribution in [0.3, 0.4) is 0 Å². The predicted molar refractivity (Wildman–Crippen MR) is 204 cm³/mol. The van der Waals surface area contributed by atoms with Crippen molar-refractivity contribution in [2.24, 2.45) is 0 Å². The zero-order valence-electron chi connectivity index (χ0n) is 32.9. The first-order valence-electron chi connectivity index (χ1n) is 18.0. The molecule has 0 heterocycles. The van der Waals surface area contributed by atoms with Crippen molar-refractivity contribution in [2.45, 2.75) is 130 Å². The lowest BCUT2D eigenvalue weighted by molar-refractivity contribution is -0.597. The highest BCUT2D eigenvalue weighted by atomic mass is 127. The van der Waals surface area contributed by atoms with E-state index in [1.54, 1.807) is 0 Å². The van der Waals surface area contributed by atoms with Gasteiger partial charge in [0.2, 0.25) is 0 Å². The Labute approximate surface area is 331 Å². The van der Waals surface area contributed by atoms with Gasteiger partial charge in [-0.2, -0.15) is 0 Å². The van der Waals surface area contributed by atoms with Crippen molar-refractivity contribution in [2.75, 3.05) is 0 Å². The Morgan fingerprint density at radius 3 is 0.647 bits per heavy atom. The van der Waals surface area contributed by atoms with E-state index in [-0.39, 0.29) is 64.1 Å². The van der Waals surface area contributed by atoms with Crippen molar-refractivity contribution in [1.82, 2.24) is 0 Å². The van der Waals surface area contributed by atoms with Crippen LogP contribution in [0.4, 0.5) is 0 Å². The molecule has 0 N–H and O–H groups in total. The average molecular weight is 939 g/mol. The average Bonchev–Trinajstić information content (AvgIpc) is 3.09. The Morgan fingerprint density at radius 2 is 0.529 bits per heavy atom. The van der Waals surface area contributed by atoms with Gasteiger partial charge < -0.3 is 9.11 Å². The van der Waals surface area contributed by atoms with Gasteiger partial charge in [0.05, 0.1) is 0 Å². The SMILES string of the molecule is CCC(C)(C)c1ccc([I+]c2ccc(C(C)(C)CC)cc2)cc1.CCC(C)(C)c1ccc([I+]c2ccc(C(C)(C)CC)cc2)cc1.O=S(=O)([O-])[O-]. The molecule has 280 valence electrons. The van der Waals surface area contributed by atoms with Crippen LogP contribution in [0.2, 0.25) is 0 Å². The normalized spacial score (nSPS) is 12.4. The Hall–Kier alpha value is -1.79. The maximum Gasteiger partial charge on any atom is 0.357 e. The number of halogens is 2. The molecule has 0 fully saturated rings. The molecule has 0 bridgehead atoms. The maximum atomic E-state index is 8.52. The molecule has 0 aromatic heterocycles. The fourth-order valence-electron chi connectivity index (χ4n) is 4.92. The van der Waals surface area contributed by atoms with Crippen molar-refractivity contribution in [3.63, 3.8) is 0 Å². The van der Waals surface area contributed by atoms with Crippen molar-refractivity contribution < 1.29 is 59.9 Å². The first-order chi connectivity index (χ1) is 23.6. The van der Waals surface area contributed by atoms with Crippen LogP contribution in [-0.4, -0.2) is 17.5 Å². The second kappa shape index (κ2) is 19.5. The van der Waals surface area contributed by atoms with Gasteiger partial charge in [-0.15, -0.1) is 0 Å². The van der Waals surface area contributed by atoms with Crippen LogP contribution in [0.15, 0.2) is 97.1 Å². The van der Waals surface area contributed by atoms with Crippen molar-refractivity contribution >= 4 is 10.4 Å². The molecule has 0 radical (unpaired) electrons. The van der Waals surface area contributed by atoms with Crippen molar-refractivity contribution in [3.05, 3.63) is 134 Å². The van der Waals surface area contributed by atoms with Gasteiger partial charge >= 0.3 is 42.4 Å². The standard InChI is InChI=1S/2C22H30I.H2O4S/c2*1-7-21(3,4)17-9-13-19(14-10-17)23-20-15-11-18(12-16-20)22(5,6)8-2;1-5(2,3)4/h2*9-16H,7-8H2,1-6H3;(H2,1,2,3,4)/q2*+1;/p-2. The zero-order valence-corrected chi connectivity index (χ0v) is 38.0. The third-order valence-electron chi connectivity index (χ3n) is 10.5. The molecule has 0 atom stereocenters. The highest BCUT2D eigenvalue weighted by Crippen LogP contribution is 2.28. The minimum Gasteiger partial charge on any atom is -0.759 e. The second-order valence-corrected chi connectivity index (χ2v) is 22.5. The van der Waals surface area contributed by atoms with Gasteiger partial charge in [-0.3, -0.25) is 8.42 Å². The molecule has 0 saturated carbocycles. The van der Waals surface area contributed by atoms with Crippen LogP contribution >= 0.6 is 0 Å². The van der Waals surface area contributed by atoms with E-state index in [2.05, 4.69) is 180 Å². The lowest BCUT2D eigenvalue weighted by atomic mass is 9.82. The highest BCUT2D eigenvalue weighted by molar-refractivity contribution is 7.79. The van der Waals surface area contributed by atoms with Crippen LogP contribution in [0.1, 0.15) is 131 Å². The van der Waals surface area contributed by atoms with Gasteiger partial charge in [-0.25, -0.2) is 0 Å². The van der Waals surface area contributed by atoms with E-state index >= 15 is 0 Å². The van der Waals surface area contributed by atoms with Crippen molar-refractivity contribution in [3.8, 4) is 0 Å². The fraction of sp³-hybridized carbons (Fsp3) is 0.455. The summed E-state index contributed by atoms with van der Waals surface area (Å²) in [5.41, 5.74) is 6.93. The molecule has 0 aliphatic carbocycles. The predicted octanol–water partition coefficient (Wildman–Crippen LogP) is 5.04. The molecule has 0 amide bonds. The molecule has 7 heteroatoms. The molecule has 4 aromatic rings. The van der Waals surface area contributed by atoms with E-state index < -0.39 is 10.4 Å². The minimum atomic E-state index is -5.17. The van der Waals surface area contributed by atoms with Crippen LogP contribution in [0.5, 0.6) is 0 Å². The first-order valence-corrected chi connectivity index (χ1v) is 23.6. The van der Waals surface area contributed by atoms with E-state index in [4.69, 9.17) is 17.5 Å². The number of rotatable bonds is 12. The molecule has 0 spiro atoms. The minimum absolute atomic E-state index is 0.0793. The van der Waals surface area contributed by atoms with E-state index in [1.807, 2.05) is 0 Å². The molecule has 4 nitrogen and oxygen atoms in total. The number of hydrogen-bond acceptors (Lipinski definition) is 4. The molecule has 0 unspecified atom stereocenters. The maximum absolute atomic E-state index is 8.52. The Bertz CT molecular complexity index is 1480. The van der Waals surface area contributed by atoms with E-state index in [9.17, 15) is 0 Å². The lowest BCUT2D eigenvalue weighted by Crippen LogP contribution is -3.61. The summed E-state index contributed by atoms with van der Waals surface area (Å²) in [5.74, 6) is 0. The number of hydrogen-bond donors (Lipinski definition) is 0. The van der Waals surface area contributed by atoms with Gasteiger partial charge in [0.1, 0.15) is 0 Å². The summed E-state index contributed by atoms with van der Waals surface area (Å²) in [6.45, 7) is 27.7. The second-order valence-electron chi connectivity index (χ2n) is 15.6. The molecule has 0 aliphatic heterocycles. The Kier molecular flexibility index (Phi) is 17.4. The van der Waals surface area contributed by atoms with Crippen molar-refractivity contribution in [1.29, 1.82) is 0 Å². The highest BCUT2D eigenvalue weighted by Gasteiger charge is 2.24. The third-order valence-corrected chi connectivity index (χ3v) is 15.8. The quantitative estimate of drug-likeness (QED) is 0.113. The molecule has 4 rings (SSSR count). The summed E-state index contributed by atoms with van der Waals surface area (Å²) >= 11 is -0.159. The first kappa shape index (κ1) is 45.4. The zero-order chi connectivity index (χ0) is 38.7. The smallest absolute Gasteiger partial charge is 0.357 e. The van der Waals surface area contributed by atoms with E-state index in [0.29, 0.717) is 0 Å². The molecular formula is C44H60I2O4S. The largest absolute Gasteiger partial charge is 0.759 e. The lowest BCUT2D eigenvalue weighted by Gasteiger charge is -2.23. The monoisotopic (exact) mass is 938 g/mol. The molecule has 4 aromatic carbocycles. The third kappa shape index (κ3) is 15.2. The molecular weight excluding hydrogens is 878 g/mol. The van der Waals surface area contributed by atoms with E-state index in [1.165, 1.54) is 62.2 Å².